The zero-order valence-electron chi connectivity index (χ0n) is 15.3. The summed E-state index contributed by atoms with van der Waals surface area (Å²) < 4.78 is 15.8. The lowest BCUT2D eigenvalue weighted by atomic mass is 10.2. The summed E-state index contributed by atoms with van der Waals surface area (Å²) in [5.41, 5.74) is 1.51. The molecule has 1 aromatic heterocycles. The van der Waals surface area contributed by atoms with E-state index in [-0.39, 0.29) is 12.3 Å². The molecule has 1 N–H and O–H groups in total. The van der Waals surface area contributed by atoms with Crippen molar-refractivity contribution in [3.05, 3.63) is 54.4 Å². The number of methoxy groups -OCH3 is 1. The molecule has 1 heterocycles. The van der Waals surface area contributed by atoms with Gasteiger partial charge in [0.2, 0.25) is 17.6 Å². The number of nitrogens with zero attached hydrogens (tertiary/aromatic N) is 2. The van der Waals surface area contributed by atoms with Crippen LogP contribution in [0.2, 0.25) is 0 Å². The first-order valence-corrected chi connectivity index (χ1v) is 8.67. The molecule has 27 heavy (non-hydrogen) atoms. The third kappa shape index (κ3) is 5.07. The largest absolute Gasteiger partial charge is 0.497 e. The van der Waals surface area contributed by atoms with E-state index in [1.54, 1.807) is 19.2 Å². The van der Waals surface area contributed by atoms with Crippen LogP contribution >= 0.6 is 0 Å². The van der Waals surface area contributed by atoms with Crippen molar-refractivity contribution in [2.45, 2.75) is 19.8 Å². The Morgan fingerprint density at radius 1 is 1.15 bits per heavy atom. The van der Waals surface area contributed by atoms with Gasteiger partial charge < -0.3 is 19.3 Å². The minimum absolute atomic E-state index is 0.125. The zero-order valence-corrected chi connectivity index (χ0v) is 15.3. The Balaban J connectivity index is 1.54. The van der Waals surface area contributed by atoms with Gasteiger partial charge in [-0.05, 0) is 43.3 Å². The summed E-state index contributed by atoms with van der Waals surface area (Å²) in [5, 5.41) is 6.80. The minimum Gasteiger partial charge on any atom is -0.497 e. The molecular weight excluding hydrogens is 346 g/mol. The van der Waals surface area contributed by atoms with Crippen LogP contribution in [-0.2, 0) is 11.2 Å². The van der Waals surface area contributed by atoms with E-state index >= 15 is 0 Å². The lowest BCUT2D eigenvalue weighted by molar-refractivity contribution is -0.116. The van der Waals surface area contributed by atoms with Crippen molar-refractivity contribution in [2.24, 2.45) is 0 Å². The van der Waals surface area contributed by atoms with Crippen molar-refractivity contribution in [2.75, 3.05) is 19.0 Å². The van der Waals surface area contributed by atoms with Gasteiger partial charge in [0.25, 0.3) is 0 Å². The fraction of sp³-hybridized carbons (Fsp3) is 0.250. The van der Waals surface area contributed by atoms with Gasteiger partial charge in [-0.2, -0.15) is 4.98 Å². The Bertz CT molecular complexity index is 890. The highest BCUT2D eigenvalue weighted by Gasteiger charge is 2.11. The van der Waals surface area contributed by atoms with E-state index in [9.17, 15) is 4.79 Å². The second-order valence-electron chi connectivity index (χ2n) is 5.75. The van der Waals surface area contributed by atoms with E-state index in [0.717, 1.165) is 11.3 Å². The molecule has 3 aromatic rings. The lowest BCUT2D eigenvalue weighted by Gasteiger charge is -2.06. The number of anilines is 1. The molecule has 0 aliphatic carbocycles. The van der Waals surface area contributed by atoms with Crippen LogP contribution in [-0.4, -0.2) is 29.8 Å². The average molecular weight is 367 g/mol. The quantitative estimate of drug-likeness (QED) is 0.653. The number of hydrogen-bond acceptors (Lipinski definition) is 6. The molecule has 0 aliphatic heterocycles. The standard InChI is InChI=1S/C20H21N3O4/c1-3-26-16-9-7-15(8-10-16)21-18(24)11-12-19-22-20(23-27-19)14-5-4-6-17(13-14)25-2/h4-10,13H,3,11-12H2,1-2H3,(H,21,24). The molecule has 0 fully saturated rings. The number of ether oxygens (including phenoxy) is 2. The van der Waals surface area contributed by atoms with Crippen LogP contribution in [0.15, 0.2) is 53.1 Å². The van der Waals surface area contributed by atoms with Crippen molar-refractivity contribution in [3.8, 4) is 22.9 Å². The zero-order chi connectivity index (χ0) is 19.1. The van der Waals surface area contributed by atoms with Crippen LogP contribution in [0.4, 0.5) is 5.69 Å². The monoisotopic (exact) mass is 367 g/mol. The SMILES string of the molecule is CCOc1ccc(NC(=O)CCc2nc(-c3cccc(OC)c3)no2)cc1. The van der Waals surface area contributed by atoms with Crippen LogP contribution in [0.1, 0.15) is 19.2 Å². The first-order chi connectivity index (χ1) is 13.2. The average Bonchev–Trinajstić information content (AvgIpc) is 3.17. The molecule has 0 saturated heterocycles. The van der Waals surface area contributed by atoms with E-state index in [2.05, 4.69) is 15.5 Å². The van der Waals surface area contributed by atoms with Crippen LogP contribution in [0.3, 0.4) is 0 Å². The Labute approximate surface area is 157 Å². The Morgan fingerprint density at radius 3 is 2.70 bits per heavy atom. The van der Waals surface area contributed by atoms with E-state index < -0.39 is 0 Å². The summed E-state index contributed by atoms with van der Waals surface area (Å²) in [6.07, 6.45) is 0.604. The fourth-order valence-corrected chi connectivity index (χ4v) is 2.48. The number of carbonyl (C=O) groups excluding carboxylic acids is 1. The molecule has 1 amide bonds. The van der Waals surface area contributed by atoms with Crippen molar-refractivity contribution in [3.63, 3.8) is 0 Å². The number of rotatable bonds is 8. The van der Waals surface area contributed by atoms with Gasteiger partial charge in [-0.15, -0.1) is 0 Å². The Kier molecular flexibility index (Phi) is 6.04. The van der Waals surface area contributed by atoms with Gasteiger partial charge in [-0.25, -0.2) is 0 Å². The summed E-state index contributed by atoms with van der Waals surface area (Å²) in [6.45, 7) is 2.53. The van der Waals surface area contributed by atoms with Crippen LogP contribution in [0, 0.1) is 0 Å². The maximum Gasteiger partial charge on any atom is 0.227 e. The number of aromatic nitrogens is 2. The van der Waals surface area contributed by atoms with Crippen LogP contribution < -0.4 is 14.8 Å². The predicted molar refractivity (Wildman–Crippen MR) is 101 cm³/mol. The van der Waals surface area contributed by atoms with E-state index in [1.807, 2.05) is 43.3 Å². The normalized spacial score (nSPS) is 10.4. The second-order valence-corrected chi connectivity index (χ2v) is 5.75. The smallest absolute Gasteiger partial charge is 0.227 e. The number of aryl methyl sites for hydroxylation is 1. The highest BCUT2D eigenvalue weighted by atomic mass is 16.5. The highest BCUT2D eigenvalue weighted by Crippen LogP contribution is 2.21. The maximum absolute atomic E-state index is 12.1. The lowest BCUT2D eigenvalue weighted by Crippen LogP contribution is -2.12. The fourth-order valence-electron chi connectivity index (χ4n) is 2.48. The number of hydrogen-bond donors (Lipinski definition) is 1. The number of nitrogens with one attached hydrogen (secondary N) is 1. The summed E-state index contributed by atoms with van der Waals surface area (Å²) in [4.78, 5) is 16.4. The van der Waals surface area contributed by atoms with Gasteiger partial charge >= 0.3 is 0 Å². The first kappa shape index (κ1) is 18.4. The number of amides is 1. The molecule has 2 aromatic carbocycles. The van der Waals surface area contributed by atoms with Crippen LogP contribution in [0.25, 0.3) is 11.4 Å². The summed E-state index contributed by atoms with van der Waals surface area (Å²) in [6, 6.07) is 14.6. The second kappa shape index (κ2) is 8.84. The molecular formula is C20H21N3O4. The van der Waals surface area contributed by atoms with E-state index in [0.29, 0.717) is 36.2 Å². The molecule has 0 bridgehead atoms. The minimum atomic E-state index is -0.125. The molecule has 3 rings (SSSR count). The van der Waals surface area contributed by atoms with Gasteiger partial charge in [0.1, 0.15) is 11.5 Å². The Hall–Kier alpha value is -3.35. The Morgan fingerprint density at radius 2 is 1.96 bits per heavy atom. The van der Waals surface area contributed by atoms with Gasteiger partial charge in [0.15, 0.2) is 0 Å². The van der Waals surface area contributed by atoms with Crippen molar-refractivity contribution in [1.29, 1.82) is 0 Å². The van der Waals surface area contributed by atoms with E-state index in [4.69, 9.17) is 14.0 Å². The molecule has 0 spiro atoms. The van der Waals surface area contributed by atoms with Gasteiger partial charge in [-0.1, -0.05) is 17.3 Å². The molecule has 140 valence electrons. The topological polar surface area (TPSA) is 86.5 Å². The van der Waals surface area contributed by atoms with Gasteiger partial charge in [-0.3, -0.25) is 4.79 Å². The van der Waals surface area contributed by atoms with Gasteiger partial charge in [0, 0.05) is 24.1 Å². The van der Waals surface area contributed by atoms with Crippen LogP contribution in [0.5, 0.6) is 11.5 Å². The summed E-state index contributed by atoms with van der Waals surface area (Å²) in [7, 11) is 1.60. The molecule has 7 nitrogen and oxygen atoms in total. The predicted octanol–water partition coefficient (Wildman–Crippen LogP) is 3.72. The third-order valence-corrected chi connectivity index (χ3v) is 3.81. The third-order valence-electron chi connectivity index (χ3n) is 3.81. The molecule has 0 saturated carbocycles. The highest BCUT2D eigenvalue weighted by molar-refractivity contribution is 5.90. The van der Waals surface area contributed by atoms with E-state index in [1.165, 1.54) is 0 Å². The van der Waals surface area contributed by atoms with Crippen molar-refractivity contribution >= 4 is 11.6 Å². The number of carbonyl (C=O) groups is 1. The van der Waals surface area contributed by atoms with Gasteiger partial charge in [0.05, 0.1) is 13.7 Å². The molecule has 0 atom stereocenters. The van der Waals surface area contributed by atoms with Crippen molar-refractivity contribution < 1.29 is 18.8 Å². The first-order valence-electron chi connectivity index (χ1n) is 8.67. The van der Waals surface area contributed by atoms with Crippen molar-refractivity contribution in [1.82, 2.24) is 10.1 Å². The molecule has 7 heteroatoms. The molecule has 0 radical (unpaired) electrons. The summed E-state index contributed by atoms with van der Waals surface area (Å²) >= 11 is 0. The maximum atomic E-state index is 12.1. The summed E-state index contributed by atoms with van der Waals surface area (Å²) in [5.74, 6) is 2.24. The molecule has 0 unspecified atom stereocenters. The number of benzene rings is 2. The molecule has 0 aliphatic rings.